The van der Waals surface area contributed by atoms with Gasteiger partial charge in [0, 0.05) is 17.4 Å². The second-order valence-corrected chi connectivity index (χ2v) is 6.42. The first kappa shape index (κ1) is 17.6. The van der Waals surface area contributed by atoms with E-state index in [0.29, 0.717) is 28.6 Å². The van der Waals surface area contributed by atoms with Crippen LogP contribution in [0.25, 0.3) is 21.9 Å². The van der Waals surface area contributed by atoms with E-state index in [2.05, 4.69) is 10.2 Å². The van der Waals surface area contributed by atoms with Gasteiger partial charge in [-0.25, -0.2) is 14.3 Å². The molecule has 1 aromatic heterocycles. The highest BCUT2D eigenvalue weighted by Gasteiger charge is 2.11. The molecule has 0 aliphatic carbocycles. The Bertz CT molecular complexity index is 1250. The number of hydrogen-bond acceptors (Lipinski definition) is 3. The summed E-state index contributed by atoms with van der Waals surface area (Å²) in [5, 5.41) is 17.0. The van der Waals surface area contributed by atoms with Gasteiger partial charge in [-0.2, -0.15) is 5.10 Å². The lowest BCUT2D eigenvalue weighted by atomic mass is 9.98. The van der Waals surface area contributed by atoms with Crippen LogP contribution in [0.5, 0.6) is 0 Å². The quantitative estimate of drug-likeness (QED) is 0.565. The number of H-pyrrole nitrogens is 1. The molecule has 1 heterocycles. The van der Waals surface area contributed by atoms with Crippen molar-refractivity contribution in [3.05, 3.63) is 99.7 Å². The monoisotopic (exact) mass is 374 g/mol. The molecule has 0 unspecified atom stereocenters. The maximum Gasteiger partial charge on any atom is 0.335 e. The average Bonchev–Trinajstić information content (AvgIpc) is 2.72. The Hall–Kier alpha value is -3.80. The van der Waals surface area contributed by atoms with E-state index in [1.54, 1.807) is 36.4 Å². The van der Waals surface area contributed by atoms with Crippen molar-refractivity contribution >= 4 is 16.7 Å². The molecule has 28 heavy (non-hydrogen) atoms. The number of hydrogen-bond donors (Lipinski definition) is 2. The summed E-state index contributed by atoms with van der Waals surface area (Å²) in [7, 11) is 0. The summed E-state index contributed by atoms with van der Waals surface area (Å²) in [6, 6.07) is 18.0. The SMILES string of the molecule is O=C(O)c1ccc(-c2cc(Cc3n[nH]c(=O)c4ccccc34)ccc2F)cc1. The summed E-state index contributed by atoms with van der Waals surface area (Å²) >= 11 is 0. The molecular formula is C22H15FN2O3. The van der Waals surface area contributed by atoms with Crippen molar-refractivity contribution in [3.63, 3.8) is 0 Å². The van der Waals surface area contributed by atoms with E-state index in [1.165, 1.54) is 18.2 Å². The van der Waals surface area contributed by atoms with E-state index >= 15 is 0 Å². The van der Waals surface area contributed by atoms with Gasteiger partial charge in [-0.1, -0.05) is 36.4 Å². The predicted octanol–water partition coefficient (Wildman–Crippen LogP) is 4.02. The molecule has 0 radical (unpaired) electrons. The Kier molecular flexibility index (Phi) is 4.45. The van der Waals surface area contributed by atoms with Crippen LogP contribution < -0.4 is 5.56 Å². The highest BCUT2D eigenvalue weighted by molar-refractivity contribution is 5.88. The van der Waals surface area contributed by atoms with E-state index in [-0.39, 0.29) is 11.1 Å². The molecule has 3 aromatic carbocycles. The van der Waals surface area contributed by atoms with Crippen LogP contribution in [0.3, 0.4) is 0 Å². The Morgan fingerprint density at radius 3 is 2.43 bits per heavy atom. The first-order valence-electron chi connectivity index (χ1n) is 8.61. The number of benzene rings is 3. The van der Waals surface area contributed by atoms with Crippen LogP contribution in [0.2, 0.25) is 0 Å². The number of fused-ring (bicyclic) bond motifs is 1. The van der Waals surface area contributed by atoms with Crippen molar-refractivity contribution in [2.45, 2.75) is 6.42 Å². The van der Waals surface area contributed by atoms with Gasteiger partial charge >= 0.3 is 5.97 Å². The Morgan fingerprint density at radius 2 is 1.71 bits per heavy atom. The minimum absolute atomic E-state index is 0.143. The number of aromatic amines is 1. The average molecular weight is 374 g/mol. The zero-order valence-corrected chi connectivity index (χ0v) is 14.6. The first-order chi connectivity index (χ1) is 13.5. The lowest BCUT2D eigenvalue weighted by molar-refractivity contribution is 0.0697. The second kappa shape index (κ2) is 7.08. The molecule has 5 nitrogen and oxygen atoms in total. The van der Waals surface area contributed by atoms with Gasteiger partial charge < -0.3 is 5.11 Å². The number of nitrogens with zero attached hydrogens (tertiary/aromatic N) is 1. The molecule has 0 bridgehead atoms. The van der Waals surface area contributed by atoms with Crippen LogP contribution in [0.1, 0.15) is 21.6 Å². The van der Waals surface area contributed by atoms with Crippen molar-refractivity contribution in [3.8, 4) is 11.1 Å². The number of aromatic nitrogens is 2. The number of carboxylic acid groups (broad SMARTS) is 1. The third kappa shape index (κ3) is 3.27. The summed E-state index contributed by atoms with van der Waals surface area (Å²) in [5.74, 6) is -1.43. The summed E-state index contributed by atoms with van der Waals surface area (Å²) in [4.78, 5) is 22.9. The number of rotatable bonds is 4. The normalized spacial score (nSPS) is 10.9. The molecule has 0 aliphatic rings. The zero-order valence-electron chi connectivity index (χ0n) is 14.6. The minimum atomic E-state index is -1.03. The zero-order chi connectivity index (χ0) is 19.7. The lowest BCUT2D eigenvalue weighted by Gasteiger charge is -2.09. The van der Waals surface area contributed by atoms with E-state index in [1.807, 2.05) is 12.1 Å². The summed E-state index contributed by atoms with van der Waals surface area (Å²) in [6.45, 7) is 0. The highest BCUT2D eigenvalue weighted by Crippen LogP contribution is 2.26. The van der Waals surface area contributed by atoms with Crippen molar-refractivity contribution in [1.82, 2.24) is 10.2 Å². The van der Waals surface area contributed by atoms with Gasteiger partial charge in [-0.15, -0.1) is 0 Å². The number of nitrogens with one attached hydrogen (secondary N) is 1. The molecule has 6 heteroatoms. The number of carboxylic acids is 1. The fourth-order valence-electron chi connectivity index (χ4n) is 3.20. The van der Waals surface area contributed by atoms with Crippen LogP contribution in [0, 0.1) is 5.82 Å². The highest BCUT2D eigenvalue weighted by atomic mass is 19.1. The van der Waals surface area contributed by atoms with Crippen LogP contribution in [0.15, 0.2) is 71.5 Å². The molecule has 4 aromatic rings. The van der Waals surface area contributed by atoms with E-state index in [9.17, 15) is 14.0 Å². The Balaban J connectivity index is 1.73. The van der Waals surface area contributed by atoms with Gasteiger partial charge in [-0.05, 0) is 41.5 Å². The van der Waals surface area contributed by atoms with Crippen LogP contribution in [-0.4, -0.2) is 21.3 Å². The standard InChI is InChI=1S/C22H15FN2O3/c23-19-10-5-13(11-18(19)14-6-8-15(9-7-14)22(27)28)12-20-16-3-1-2-4-17(16)21(26)25-24-20/h1-11H,12H2,(H,25,26)(H,27,28). The number of carbonyl (C=O) groups is 1. The molecular weight excluding hydrogens is 359 g/mol. The van der Waals surface area contributed by atoms with Gasteiger partial charge in [0.05, 0.1) is 16.6 Å². The Labute approximate surface area is 159 Å². The van der Waals surface area contributed by atoms with Crippen LogP contribution in [-0.2, 0) is 6.42 Å². The molecule has 0 saturated carbocycles. The minimum Gasteiger partial charge on any atom is -0.478 e. The van der Waals surface area contributed by atoms with E-state index in [0.717, 1.165) is 10.9 Å². The smallest absolute Gasteiger partial charge is 0.335 e. The molecule has 0 spiro atoms. The third-order valence-electron chi connectivity index (χ3n) is 4.62. The summed E-state index contributed by atoms with van der Waals surface area (Å²) < 4.78 is 14.4. The van der Waals surface area contributed by atoms with Crippen molar-refractivity contribution < 1.29 is 14.3 Å². The molecule has 4 rings (SSSR count). The fraction of sp³-hybridized carbons (Fsp3) is 0.0455. The van der Waals surface area contributed by atoms with E-state index in [4.69, 9.17) is 5.11 Å². The molecule has 0 fully saturated rings. The van der Waals surface area contributed by atoms with Crippen molar-refractivity contribution in [2.24, 2.45) is 0 Å². The fourth-order valence-corrected chi connectivity index (χ4v) is 3.20. The predicted molar refractivity (Wildman–Crippen MR) is 104 cm³/mol. The maximum absolute atomic E-state index is 14.4. The third-order valence-corrected chi connectivity index (χ3v) is 4.62. The molecule has 0 amide bonds. The summed E-state index contributed by atoms with van der Waals surface area (Å²) in [6.07, 6.45) is 0.414. The van der Waals surface area contributed by atoms with E-state index < -0.39 is 11.8 Å². The van der Waals surface area contributed by atoms with Gasteiger partial charge in [0.1, 0.15) is 5.82 Å². The van der Waals surface area contributed by atoms with Gasteiger partial charge in [0.25, 0.3) is 5.56 Å². The van der Waals surface area contributed by atoms with Crippen molar-refractivity contribution in [1.29, 1.82) is 0 Å². The largest absolute Gasteiger partial charge is 0.478 e. The molecule has 2 N–H and O–H groups in total. The van der Waals surface area contributed by atoms with Gasteiger partial charge in [0.2, 0.25) is 0 Å². The van der Waals surface area contributed by atoms with Crippen LogP contribution in [0.4, 0.5) is 4.39 Å². The number of halogens is 1. The lowest BCUT2D eigenvalue weighted by Crippen LogP contribution is -2.11. The molecule has 0 saturated heterocycles. The molecule has 0 atom stereocenters. The van der Waals surface area contributed by atoms with Gasteiger partial charge in [-0.3, -0.25) is 4.79 Å². The maximum atomic E-state index is 14.4. The molecule has 0 aliphatic heterocycles. The Morgan fingerprint density at radius 1 is 1.00 bits per heavy atom. The molecule has 138 valence electrons. The van der Waals surface area contributed by atoms with Crippen molar-refractivity contribution in [2.75, 3.05) is 0 Å². The first-order valence-corrected chi connectivity index (χ1v) is 8.61. The second-order valence-electron chi connectivity index (χ2n) is 6.42. The van der Waals surface area contributed by atoms with Gasteiger partial charge in [0.15, 0.2) is 0 Å². The topological polar surface area (TPSA) is 83.0 Å². The number of aromatic carboxylic acids is 1. The summed E-state index contributed by atoms with van der Waals surface area (Å²) in [5.41, 5.74) is 2.37. The van der Waals surface area contributed by atoms with Crippen LogP contribution >= 0.6 is 0 Å².